The quantitative estimate of drug-likeness (QED) is 0.905. The van der Waals surface area contributed by atoms with Crippen LogP contribution < -0.4 is 10.5 Å². The van der Waals surface area contributed by atoms with Gasteiger partial charge in [-0.25, -0.2) is 4.39 Å². The molecule has 2 aromatic carbocycles. The Labute approximate surface area is 125 Å². The van der Waals surface area contributed by atoms with Gasteiger partial charge in [-0.05, 0) is 67.6 Å². The molecule has 1 unspecified atom stereocenters. The molecule has 0 fully saturated rings. The average Bonchev–Trinajstić information content (AvgIpc) is 2.41. The van der Waals surface area contributed by atoms with Crippen LogP contribution in [0.15, 0.2) is 36.4 Å². The summed E-state index contributed by atoms with van der Waals surface area (Å²) in [4.78, 5) is 0. The van der Waals surface area contributed by atoms with Gasteiger partial charge in [-0.15, -0.1) is 0 Å². The van der Waals surface area contributed by atoms with E-state index in [0.717, 1.165) is 11.1 Å². The maximum Gasteiger partial charge on any atom is 0.123 e. The van der Waals surface area contributed by atoms with Gasteiger partial charge in [0, 0.05) is 6.04 Å². The van der Waals surface area contributed by atoms with Crippen molar-refractivity contribution in [3.8, 4) is 5.75 Å². The summed E-state index contributed by atoms with van der Waals surface area (Å²) < 4.78 is 19.2. The Morgan fingerprint density at radius 2 is 1.86 bits per heavy atom. The normalized spacial score (nSPS) is 12.2. The Bertz CT molecular complexity index is 623. The first-order valence-electron chi connectivity index (χ1n) is 7.18. The minimum absolute atomic E-state index is 0.0317. The summed E-state index contributed by atoms with van der Waals surface area (Å²) in [5.74, 6) is 0.441. The summed E-state index contributed by atoms with van der Waals surface area (Å²) in [7, 11) is 0. The first-order valence-corrected chi connectivity index (χ1v) is 7.18. The molecule has 0 spiro atoms. The molecular weight excluding hydrogens is 265 g/mol. The standard InChI is InChI=1S/C18H22FNO/c1-12-4-5-15(8-13(12)2)11-21-18-7-6-17(19)10-16(18)9-14(3)20/h4-8,10,14H,9,11,20H2,1-3H3. The fourth-order valence-electron chi connectivity index (χ4n) is 2.25. The van der Waals surface area contributed by atoms with Gasteiger partial charge < -0.3 is 10.5 Å². The first-order chi connectivity index (χ1) is 9.95. The van der Waals surface area contributed by atoms with Crippen LogP contribution in [0.4, 0.5) is 4.39 Å². The molecular formula is C18H22FNO. The highest BCUT2D eigenvalue weighted by Gasteiger charge is 2.08. The van der Waals surface area contributed by atoms with Gasteiger partial charge in [0.1, 0.15) is 18.2 Å². The Morgan fingerprint density at radius 3 is 2.52 bits per heavy atom. The van der Waals surface area contributed by atoms with Gasteiger partial charge in [-0.2, -0.15) is 0 Å². The van der Waals surface area contributed by atoms with Crippen LogP contribution >= 0.6 is 0 Å². The molecule has 0 saturated carbocycles. The van der Waals surface area contributed by atoms with E-state index in [1.54, 1.807) is 6.07 Å². The van der Waals surface area contributed by atoms with Crippen LogP contribution in [0.1, 0.15) is 29.2 Å². The smallest absolute Gasteiger partial charge is 0.123 e. The van der Waals surface area contributed by atoms with Gasteiger partial charge in [0.05, 0.1) is 0 Å². The summed E-state index contributed by atoms with van der Waals surface area (Å²) in [6.45, 7) is 6.54. The van der Waals surface area contributed by atoms with E-state index in [-0.39, 0.29) is 11.9 Å². The zero-order valence-corrected chi connectivity index (χ0v) is 12.8. The number of nitrogens with two attached hydrogens (primary N) is 1. The van der Waals surface area contributed by atoms with Gasteiger partial charge in [0.25, 0.3) is 0 Å². The van der Waals surface area contributed by atoms with Crippen LogP contribution in [0.25, 0.3) is 0 Å². The van der Waals surface area contributed by atoms with Gasteiger partial charge in [-0.1, -0.05) is 18.2 Å². The van der Waals surface area contributed by atoms with Crippen molar-refractivity contribution >= 4 is 0 Å². The Kier molecular flexibility index (Phi) is 4.97. The summed E-state index contributed by atoms with van der Waals surface area (Å²) >= 11 is 0. The highest BCUT2D eigenvalue weighted by atomic mass is 19.1. The molecule has 0 radical (unpaired) electrons. The van der Waals surface area contributed by atoms with E-state index in [1.807, 2.05) is 6.92 Å². The topological polar surface area (TPSA) is 35.2 Å². The van der Waals surface area contributed by atoms with Gasteiger partial charge in [0.2, 0.25) is 0 Å². The SMILES string of the molecule is Cc1ccc(COc2ccc(F)cc2CC(C)N)cc1C. The summed E-state index contributed by atoms with van der Waals surface area (Å²) in [6.07, 6.45) is 0.597. The highest BCUT2D eigenvalue weighted by molar-refractivity contribution is 5.35. The minimum atomic E-state index is -0.260. The van der Waals surface area contributed by atoms with Crippen LogP contribution in [-0.2, 0) is 13.0 Å². The fraction of sp³-hybridized carbons (Fsp3) is 0.333. The molecule has 112 valence electrons. The molecule has 2 rings (SSSR count). The maximum absolute atomic E-state index is 13.4. The van der Waals surface area contributed by atoms with Crippen molar-refractivity contribution in [2.24, 2.45) is 5.73 Å². The lowest BCUT2D eigenvalue weighted by Gasteiger charge is -2.14. The monoisotopic (exact) mass is 287 g/mol. The molecule has 0 saturated heterocycles. The third kappa shape index (κ3) is 4.30. The molecule has 0 bridgehead atoms. The molecule has 0 aliphatic carbocycles. The molecule has 1 atom stereocenters. The molecule has 21 heavy (non-hydrogen) atoms. The van der Waals surface area contributed by atoms with Crippen molar-refractivity contribution in [2.75, 3.05) is 0 Å². The van der Waals surface area contributed by atoms with Gasteiger partial charge >= 0.3 is 0 Å². The van der Waals surface area contributed by atoms with Crippen molar-refractivity contribution in [1.29, 1.82) is 0 Å². The molecule has 0 aromatic heterocycles. The van der Waals surface area contributed by atoms with E-state index in [1.165, 1.54) is 23.3 Å². The van der Waals surface area contributed by atoms with Gasteiger partial charge in [-0.3, -0.25) is 0 Å². The maximum atomic E-state index is 13.4. The van der Waals surface area contributed by atoms with Crippen LogP contribution in [0.5, 0.6) is 5.75 Å². The summed E-state index contributed by atoms with van der Waals surface area (Å²) in [5.41, 5.74) is 10.2. The van der Waals surface area contributed by atoms with E-state index in [9.17, 15) is 4.39 Å². The molecule has 2 N–H and O–H groups in total. The molecule has 2 nitrogen and oxygen atoms in total. The van der Waals surface area contributed by atoms with E-state index in [4.69, 9.17) is 10.5 Å². The fourth-order valence-corrected chi connectivity index (χ4v) is 2.25. The number of hydrogen-bond acceptors (Lipinski definition) is 2. The highest BCUT2D eigenvalue weighted by Crippen LogP contribution is 2.22. The van der Waals surface area contributed by atoms with Crippen molar-refractivity contribution in [3.05, 3.63) is 64.5 Å². The van der Waals surface area contributed by atoms with E-state index in [2.05, 4.69) is 32.0 Å². The predicted octanol–water partition coefficient (Wildman–Crippen LogP) is 3.91. The third-order valence-corrected chi connectivity index (χ3v) is 3.53. The second-order valence-corrected chi connectivity index (χ2v) is 5.64. The lowest BCUT2D eigenvalue weighted by atomic mass is 10.1. The summed E-state index contributed by atoms with van der Waals surface area (Å²) in [5, 5.41) is 0. The van der Waals surface area contributed by atoms with Crippen molar-refractivity contribution in [1.82, 2.24) is 0 Å². The van der Waals surface area contributed by atoms with Crippen LogP contribution in [-0.4, -0.2) is 6.04 Å². The van der Waals surface area contributed by atoms with E-state index >= 15 is 0 Å². The predicted molar refractivity (Wildman–Crippen MR) is 84.0 cm³/mol. The zero-order valence-electron chi connectivity index (χ0n) is 12.8. The minimum Gasteiger partial charge on any atom is -0.489 e. The molecule has 2 aromatic rings. The number of ether oxygens (including phenoxy) is 1. The average molecular weight is 287 g/mol. The van der Waals surface area contributed by atoms with Crippen LogP contribution in [0.2, 0.25) is 0 Å². The second kappa shape index (κ2) is 6.72. The molecule has 3 heteroatoms. The number of hydrogen-bond donors (Lipinski definition) is 1. The lowest BCUT2D eigenvalue weighted by molar-refractivity contribution is 0.301. The second-order valence-electron chi connectivity index (χ2n) is 5.64. The molecule has 0 aliphatic rings. The largest absolute Gasteiger partial charge is 0.489 e. The van der Waals surface area contributed by atoms with Crippen molar-refractivity contribution in [2.45, 2.75) is 39.8 Å². The Morgan fingerprint density at radius 1 is 1.10 bits per heavy atom. The van der Waals surface area contributed by atoms with Crippen molar-refractivity contribution in [3.63, 3.8) is 0 Å². The first kappa shape index (κ1) is 15.5. The summed E-state index contributed by atoms with van der Waals surface area (Å²) in [6, 6.07) is 10.8. The Balaban J connectivity index is 2.13. The van der Waals surface area contributed by atoms with E-state index < -0.39 is 0 Å². The molecule has 0 amide bonds. The third-order valence-electron chi connectivity index (χ3n) is 3.53. The van der Waals surface area contributed by atoms with Crippen LogP contribution in [0, 0.1) is 19.7 Å². The molecule has 0 aliphatic heterocycles. The number of halogens is 1. The molecule has 0 heterocycles. The Hall–Kier alpha value is -1.87. The zero-order chi connectivity index (χ0) is 15.4. The van der Waals surface area contributed by atoms with E-state index in [0.29, 0.717) is 18.8 Å². The van der Waals surface area contributed by atoms with Gasteiger partial charge in [0.15, 0.2) is 0 Å². The van der Waals surface area contributed by atoms with Crippen LogP contribution in [0.3, 0.4) is 0 Å². The number of benzene rings is 2. The lowest BCUT2D eigenvalue weighted by Crippen LogP contribution is -2.18. The number of aryl methyl sites for hydroxylation is 2. The van der Waals surface area contributed by atoms with Crippen molar-refractivity contribution < 1.29 is 9.13 Å². The number of rotatable bonds is 5.